The van der Waals surface area contributed by atoms with Crippen molar-refractivity contribution >= 4 is 11.6 Å². The van der Waals surface area contributed by atoms with Gasteiger partial charge in [0.2, 0.25) is 0 Å². The third-order valence-electron chi connectivity index (χ3n) is 3.03. The molecule has 0 radical (unpaired) electrons. The number of ether oxygens (including phenoxy) is 1. The van der Waals surface area contributed by atoms with Gasteiger partial charge in [-0.2, -0.15) is 0 Å². The highest BCUT2D eigenvalue weighted by molar-refractivity contribution is 6.32. The Hall–Kier alpha value is -0.800. The molecule has 1 saturated heterocycles. The van der Waals surface area contributed by atoms with Crippen molar-refractivity contribution < 1.29 is 9.13 Å². The maximum atomic E-state index is 12.8. The second kappa shape index (κ2) is 6.22. The molecule has 0 aliphatic carbocycles. The van der Waals surface area contributed by atoms with E-state index in [1.54, 1.807) is 6.07 Å². The van der Waals surface area contributed by atoms with Gasteiger partial charge in [0.1, 0.15) is 11.6 Å². The van der Waals surface area contributed by atoms with Crippen molar-refractivity contribution in [3.8, 4) is 5.75 Å². The number of halogens is 2. The summed E-state index contributed by atoms with van der Waals surface area (Å²) in [5.41, 5.74) is 0. The molecule has 2 rings (SSSR count). The van der Waals surface area contributed by atoms with Crippen LogP contribution in [0.4, 0.5) is 4.39 Å². The zero-order valence-corrected chi connectivity index (χ0v) is 10.5. The first-order valence-electron chi connectivity index (χ1n) is 6.07. The Kier molecular flexibility index (Phi) is 4.63. The van der Waals surface area contributed by atoms with Crippen molar-refractivity contribution in [1.29, 1.82) is 0 Å². The first-order valence-corrected chi connectivity index (χ1v) is 6.45. The minimum absolute atomic E-state index is 0.335. The maximum Gasteiger partial charge on any atom is 0.138 e. The summed E-state index contributed by atoms with van der Waals surface area (Å²) in [5.74, 6) is 0.222. The molecular formula is C13H17ClFNO. The van der Waals surface area contributed by atoms with Gasteiger partial charge in [0, 0.05) is 6.04 Å². The Balaban J connectivity index is 1.77. The van der Waals surface area contributed by atoms with E-state index in [4.69, 9.17) is 16.3 Å². The van der Waals surface area contributed by atoms with Crippen LogP contribution in [0.1, 0.15) is 25.7 Å². The monoisotopic (exact) mass is 257 g/mol. The van der Waals surface area contributed by atoms with Crippen LogP contribution >= 0.6 is 11.6 Å². The molecule has 1 N–H and O–H groups in total. The fourth-order valence-corrected chi connectivity index (χ4v) is 2.30. The molecule has 1 aromatic carbocycles. The minimum atomic E-state index is -0.337. The molecule has 0 aromatic heterocycles. The molecule has 0 unspecified atom stereocenters. The van der Waals surface area contributed by atoms with Gasteiger partial charge in [-0.05, 0) is 44.0 Å². The van der Waals surface area contributed by atoms with E-state index in [9.17, 15) is 4.39 Å². The van der Waals surface area contributed by atoms with Crippen LogP contribution in [0, 0.1) is 5.82 Å². The topological polar surface area (TPSA) is 21.3 Å². The van der Waals surface area contributed by atoms with Gasteiger partial charge in [-0.25, -0.2) is 4.39 Å². The maximum absolute atomic E-state index is 12.8. The van der Waals surface area contributed by atoms with Crippen LogP contribution in [-0.4, -0.2) is 19.2 Å². The first kappa shape index (κ1) is 12.7. The van der Waals surface area contributed by atoms with Crippen LogP contribution in [-0.2, 0) is 0 Å². The fourth-order valence-electron chi connectivity index (χ4n) is 2.07. The van der Waals surface area contributed by atoms with Crippen LogP contribution in [0.25, 0.3) is 0 Å². The number of nitrogens with one attached hydrogen (secondary N) is 1. The third kappa shape index (κ3) is 3.86. The molecule has 1 fully saturated rings. The molecule has 1 atom stereocenters. The molecule has 0 amide bonds. The van der Waals surface area contributed by atoms with E-state index in [1.165, 1.54) is 31.4 Å². The second-order valence-corrected chi connectivity index (χ2v) is 4.77. The predicted octanol–water partition coefficient (Wildman–Crippen LogP) is 3.39. The summed E-state index contributed by atoms with van der Waals surface area (Å²) in [5, 5.41) is 3.79. The highest BCUT2D eigenvalue weighted by atomic mass is 35.5. The van der Waals surface area contributed by atoms with Gasteiger partial charge in [-0.3, -0.25) is 0 Å². The van der Waals surface area contributed by atoms with Gasteiger partial charge in [0.05, 0.1) is 11.6 Å². The highest BCUT2D eigenvalue weighted by Gasteiger charge is 2.12. The molecule has 4 heteroatoms. The van der Waals surface area contributed by atoms with Gasteiger partial charge in [-0.15, -0.1) is 0 Å². The Morgan fingerprint density at radius 3 is 3.00 bits per heavy atom. The molecule has 0 spiro atoms. The molecule has 1 heterocycles. The zero-order valence-electron chi connectivity index (χ0n) is 9.72. The van der Waals surface area contributed by atoms with Gasteiger partial charge >= 0.3 is 0 Å². The number of rotatable bonds is 4. The minimum Gasteiger partial charge on any atom is -0.492 e. The third-order valence-corrected chi connectivity index (χ3v) is 3.33. The summed E-state index contributed by atoms with van der Waals surface area (Å²) in [6.07, 6.45) is 4.73. The quantitative estimate of drug-likeness (QED) is 0.893. The second-order valence-electron chi connectivity index (χ2n) is 4.36. The molecule has 0 saturated carbocycles. The highest BCUT2D eigenvalue weighted by Crippen LogP contribution is 2.25. The van der Waals surface area contributed by atoms with E-state index in [2.05, 4.69) is 5.32 Å². The van der Waals surface area contributed by atoms with Gasteiger partial charge in [-0.1, -0.05) is 18.0 Å². The Bertz CT molecular complexity index is 366. The van der Waals surface area contributed by atoms with Crippen LogP contribution < -0.4 is 10.1 Å². The SMILES string of the molecule is Fc1ccc(OCC[C@@H]2CCCCN2)c(Cl)c1. The van der Waals surface area contributed by atoms with Crippen molar-refractivity contribution in [2.75, 3.05) is 13.2 Å². The molecule has 1 aliphatic heterocycles. The first-order chi connectivity index (χ1) is 8.25. The molecule has 17 heavy (non-hydrogen) atoms. The van der Waals surface area contributed by atoms with Crippen molar-refractivity contribution in [2.45, 2.75) is 31.7 Å². The van der Waals surface area contributed by atoms with Gasteiger partial charge in [0.15, 0.2) is 0 Å². The van der Waals surface area contributed by atoms with Crippen molar-refractivity contribution in [1.82, 2.24) is 5.32 Å². The van der Waals surface area contributed by atoms with Crippen molar-refractivity contribution in [2.24, 2.45) is 0 Å². The Labute approximate surface area is 106 Å². The molecular weight excluding hydrogens is 241 g/mol. The van der Waals surface area contributed by atoms with E-state index in [-0.39, 0.29) is 5.82 Å². The smallest absolute Gasteiger partial charge is 0.138 e. The summed E-state index contributed by atoms with van der Waals surface area (Å²) >= 11 is 5.87. The van der Waals surface area contributed by atoms with E-state index in [1.807, 2.05) is 0 Å². The normalized spacial score (nSPS) is 20.2. The van der Waals surface area contributed by atoms with E-state index in [0.717, 1.165) is 13.0 Å². The summed E-state index contributed by atoms with van der Waals surface area (Å²) in [7, 11) is 0. The molecule has 94 valence electrons. The van der Waals surface area contributed by atoms with E-state index in [0.29, 0.717) is 23.4 Å². The predicted molar refractivity (Wildman–Crippen MR) is 67.2 cm³/mol. The summed E-state index contributed by atoms with van der Waals surface area (Å²) in [6, 6.07) is 4.75. The van der Waals surface area contributed by atoms with Crippen molar-refractivity contribution in [3.63, 3.8) is 0 Å². The zero-order chi connectivity index (χ0) is 12.1. The van der Waals surface area contributed by atoms with Crippen LogP contribution in [0.5, 0.6) is 5.75 Å². The Morgan fingerprint density at radius 1 is 1.41 bits per heavy atom. The molecule has 2 nitrogen and oxygen atoms in total. The average Bonchev–Trinajstić information content (AvgIpc) is 2.33. The van der Waals surface area contributed by atoms with Crippen LogP contribution in [0.15, 0.2) is 18.2 Å². The summed E-state index contributed by atoms with van der Waals surface area (Å²) < 4.78 is 18.4. The van der Waals surface area contributed by atoms with Crippen LogP contribution in [0.2, 0.25) is 5.02 Å². The van der Waals surface area contributed by atoms with Gasteiger partial charge < -0.3 is 10.1 Å². The molecule has 0 bridgehead atoms. The summed E-state index contributed by atoms with van der Waals surface area (Å²) in [6.45, 7) is 1.71. The van der Waals surface area contributed by atoms with Crippen LogP contribution in [0.3, 0.4) is 0 Å². The van der Waals surface area contributed by atoms with E-state index < -0.39 is 0 Å². The van der Waals surface area contributed by atoms with Crippen molar-refractivity contribution in [3.05, 3.63) is 29.0 Å². The largest absolute Gasteiger partial charge is 0.492 e. The standard InChI is InChI=1S/C13H17ClFNO/c14-12-9-10(15)4-5-13(12)17-8-6-11-3-1-2-7-16-11/h4-5,9,11,16H,1-3,6-8H2/t11-/m0/s1. The lowest BCUT2D eigenvalue weighted by molar-refractivity contribution is 0.268. The number of piperidine rings is 1. The van der Waals surface area contributed by atoms with Gasteiger partial charge in [0.25, 0.3) is 0 Å². The number of hydrogen-bond acceptors (Lipinski definition) is 2. The molecule has 1 aromatic rings. The lowest BCUT2D eigenvalue weighted by Gasteiger charge is -2.23. The lowest BCUT2D eigenvalue weighted by Crippen LogP contribution is -2.35. The van der Waals surface area contributed by atoms with E-state index >= 15 is 0 Å². The number of hydrogen-bond donors (Lipinski definition) is 1. The molecule has 1 aliphatic rings. The summed E-state index contributed by atoms with van der Waals surface area (Å²) in [4.78, 5) is 0. The Morgan fingerprint density at radius 2 is 2.29 bits per heavy atom. The fraction of sp³-hybridized carbons (Fsp3) is 0.538. The number of benzene rings is 1. The average molecular weight is 258 g/mol. The lowest BCUT2D eigenvalue weighted by atomic mass is 10.0.